The van der Waals surface area contributed by atoms with Gasteiger partial charge in [-0.15, -0.1) is 24.8 Å². The van der Waals surface area contributed by atoms with Crippen molar-refractivity contribution in [2.75, 3.05) is 26.2 Å². The first kappa shape index (κ1) is 18.7. The monoisotopic (exact) mass is 376 g/mol. The lowest BCUT2D eigenvalue weighted by atomic mass is 9.95. The number of benzene rings is 2. The Morgan fingerprint density at radius 1 is 0.880 bits per heavy atom. The minimum atomic E-state index is 0. The second-order valence-electron chi connectivity index (χ2n) is 7.32. The number of halogens is 2. The summed E-state index contributed by atoms with van der Waals surface area (Å²) >= 11 is 0. The van der Waals surface area contributed by atoms with Gasteiger partial charge in [0, 0.05) is 32.2 Å². The van der Waals surface area contributed by atoms with Gasteiger partial charge in [0.25, 0.3) is 0 Å². The minimum Gasteiger partial charge on any atom is -0.314 e. The smallest absolute Gasteiger partial charge is 0.0377 e. The molecular weight excluding hydrogens is 351 g/mol. The summed E-state index contributed by atoms with van der Waals surface area (Å²) < 4.78 is 0. The van der Waals surface area contributed by atoms with Crippen molar-refractivity contribution in [1.82, 2.24) is 10.2 Å². The molecule has 2 aromatic carbocycles. The Morgan fingerprint density at radius 2 is 1.60 bits per heavy atom. The molecule has 0 spiro atoms. The molecule has 2 aliphatic carbocycles. The van der Waals surface area contributed by atoms with Gasteiger partial charge in [-0.05, 0) is 53.0 Å². The highest BCUT2D eigenvalue weighted by Crippen LogP contribution is 2.46. The molecular formula is C21H26Cl2N2. The topological polar surface area (TPSA) is 15.3 Å². The van der Waals surface area contributed by atoms with Gasteiger partial charge < -0.3 is 5.32 Å². The van der Waals surface area contributed by atoms with Gasteiger partial charge in [0.15, 0.2) is 0 Å². The lowest BCUT2D eigenvalue weighted by molar-refractivity contribution is 0.156. The van der Waals surface area contributed by atoms with Crippen molar-refractivity contribution in [1.29, 1.82) is 0 Å². The lowest BCUT2D eigenvalue weighted by Gasteiger charge is -2.35. The molecule has 4 heteroatoms. The Labute approximate surface area is 162 Å². The largest absolute Gasteiger partial charge is 0.314 e. The van der Waals surface area contributed by atoms with E-state index < -0.39 is 0 Å². The van der Waals surface area contributed by atoms with Crippen molar-refractivity contribution in [2.24, 2.45) is 5.92 Å². The zero-order valence-corrected chi connectivity index (χ0v) is 16.0. The molecule has 1 N–H and O–H groups in total. The van der Waals surface area contributed by atoms with Crippen molar-refractivity contribution in [3.63, 3.8) is 0 Å². The summed E-state index contributed by atoms with van der Waals surface area (Å²) in [5.41, 5.74) is 7.48. The van der Waals surface area contributed by atoms with Gasteiger partial charge in [-0.3, -0.25) is 4.90 Å². The summed E-state index contributed by atoms with van der Waals surface area (Å²) in [7, 11) is 0. The van der Waals surface area contributed by atoms with E-state index >= 15 is 0 Å². The van der Waals surface area contributed by atoms with Crippen LogP contribution >= 0.6 is 24.8 Å². The lowest BCUT2D eigenvalue weighted by Crippen LogP contribution is -2.45. The average Bonchev–Trinajstić information content (AvgIpc) is 3.36. The van der Waals surface area contributed by atoms with Gasteiger partial charge in [0.1, 0.15) is 0 Å². The summed E-state index contributed by atoms with van der Waals surface area (Å²) in [5, 5.41) is 3.49. The highest BCUT2D eigenvalue weighted by molar-refractivity contribution is 5.85. The Bertz CT molecular complexity index is 736. The van der Waals surface area contributed by atoms with Crippen LogP contribution in [0.1, 0.15) is 35.6 Å². The van der Waals surface area contributed by atoms with E-state index in [-0.39, 0.29) is 24.8 Å². The third-order valence-corrected chi connectivity index (χ3v) is 5.77. The molecule has 0 amide bonds. The molecule has 1 aliphatic heterocycles. The maximum absolute atomic E-state index is 3.49. The van der Waals surface area contributed by atoms with E-state index in [1.807, 2.05) is 0 Å². The summed E-state index contributed by atoms with van der Waals surface area (Å²) in [6, 6.07) is 16.8. The molecule has 134 valence electrons. The first-order chi connectivity index (χ1) is 11.4. The van der Waals surface area contributed by atoms with Gasteiger partial charge in [0.05, 0.1) is 0 Å². The van der Waals surface area contributed by atoms with E-state index in [0.29, 0.717) is 6.04 Å². The Balaban J connectivity index is 0.000000911. The third-order valence-electron chi connectivity index (χ3n) is 5.77. The number of fused-ring (bicyclic) bond motifs is 3. The van der Waals surface area contributed by atoms with Crippen LogP contribution in [-0.4, -0.2) is 31.1 Å². The van der Waals surface area contributed by atoms with Gasteiger partial charge in [-0.1, -0.05) is 42.5 Å². The molecule has 2 nitrogen and oxygen atoms in total. The number of nitrogens with one attached hydrogen (secondary N) is 1. The molecule has 0 aromatic heterocycles. The molecule has 1 heterocycles. The van der Waals surface area contributed by atoms with Crippen molar-refractivity contribution in [3.05, 3.63) is 59.2 Å². The zero-order valence-electron chi connectivity index (χ0n) is 14.4. The second-order valence-corrected chi connectivity index (χ2v) is 7.32. The zero-order chi connectivity index (χ0) is 15.2. The molecule has 1 atom stereocenters. The fraction of sp³-hybridized carbons (Fsp3) is 0.429. The van der Waals surface area contributed by atoms with Crippen LogP contribution < -0.4 is 5.32 Å². The number of nitrogens with zero attached hydrogens (tertiary/aromatic N) is 1. The molecule has 25 heavy (non-hydrogen) atoms. The van der Waals surface area contributed by atoms with Crippen LogP contribution in [-0.2, 0) is 6.42 Å². The van der Waals surface area contributed by atoms with Gasteiger partial charge in [-0.2, -0.15) is 0 Å². The number of piperazine rings is 1. The standard InChI is InChI=1S/C21H24N2.2ClH/c1-2-4-19-16(3-1)13-18-14-17(7-8-20(18)19)21(15-5-6-15)23-11-9-22-10-12-23;;/h1-4,7-8,14-15,21-22H,5-6,9-13H2;2*1H/t21-;;/m0../s1. The maximum Gasteiger partial charge on any atom is 0.0377 e. The van der Waals surface area contributed by atoms with Crippen LogP contribution in [0.3, 0.4) is 0 Å². The summed E-state index contributed by atoms with van der Waals surface area (Å²) in [4.78, 5) is 2.72. The molecule has 1 saturated heterocycles. The first-order valence-corrected chi connectivity index (χ1v) is 9.06. The second kappa shape index (κ2) is 7.67. The molecule has 2 aromatic rings. The molecule has 2 fully saturated rings. The SMILES string of the molecule is Cl.Cl.c1ccc2c(c1)Cc1cc([C@H](C3CC3)N3CCNCC3)ccc1-2. The average molecular weight is 377 g/mol. The molecule has 0 radical (unpaired) electrons. The summed E-state index contributed by atoms with van der Waals surface area (Å²) in [6.45, 7) is 4.66. The highest BCUT2D eigenvalue weighted by atomic mass is 35.5. The Hall–Kier alpha value is -1.06. The molecule has 0 bridgehead atoms. The minimum absolute atomic E-state index is 0. The molecule has 3 aliphatic rings. The van der Waals surface area contributed by atoms with Gasteiger partial charge in [0.2, 0.25) is 0 Å². The number of hydrogen-bond donors (Lipinski definition) is 1. The van der Waals surface area contributed by atoms with E-state index in [0.717, 1.165) is 25.4 Å². The molecule has 1 saturated carbocycles. The van der Waals surface area contributed by atoms with Gasteiger partial charge >= 0.3 is 0 Å². The molecule has 5 rings (SSSR count). The van der Waals surface area contributed by atoms with E-state index in [9.17, 15) is 0 Å². The van der Waals surface area contributed by atoms with Crippen LogP contribution in [0.15, 0.2) is 42.5 Å². The van der Waals surface area contributed by atoms with Gasteiger partial charge in [-0.25, -0.2) is 0 Å². The van der Waals surface area contributed by atoms with Crippen LogP contribution in [0, 0.1) is 5.92 Å². The van der Waals surface area contributed by atoms with E-state index in [1.54, 1.807) is 5.56 Å². The van der Waals surface area contributed by atoms with E-state index in [1.165, 1.54) is 48.2 Å². The highest BCUT2D eigenvalue weighted by Gasteiger charge is 2.37. The predicted octanol–water partition coefficient (Wildman–Crippen LogP) is 4.46. The van der Waals surface area contributed by atoms with Crippen LogP contribution in [0.2, 0.25) is 0 Å². The summed E-state index contributed by atoms with van der Waals surface area (Å²) in [5.74, 6) is 0.884. The van der Waals surface area contributed by atoms with Crippen molar-refractivity contribution in [2.45, 2.75) is 25.3 Å². The first-order valence-electron chi connectivity index (χ1n) is 9.06. The van der Waals surface area contributed by atoms with E-state index in [4.69, 9.17) is 0 Å². The molecule has 0 unspecified atom stereocenters. The third kappa shape index (κ3) is 3.46. The Kier molecular flexibility index (Phi) is 5.75. The quantitative estimate of drug-likeness (QED) is 0.725. The Morgan fingerprint density at radius 3 is 2.36 bits per heavy atom. The fourth-order valence-electron chi connectivity index (χ4n) is 4.50. The van der Waals surface area contributed by atoms with Crippen LogP contribution in [0.5, 0.6) is 0 Å². The van der Waals surface area contributed by atoms with Crippen molar-refractivity contribution >= 4 is 24.8 Å². The van der Waals surface area contributed by atoms with E-state index in [2.05, 4.69) is 52.7 Å². The number of hydrogen-bond acceptors (Lipinski definition) is 2. The number of rotatable bonds is 3. The fourth-order valence-corrected chi connectivity index (χ4v) is 4.50. The van der Waals surface area contributed by atoms with Crippen LogP contribution in [0.4, 0.5) is 0 Å². The maximum atomic E-state index is 3.49. The predicted molar refractivity (Wildman–Crippen MR) is 109 cm³/mol. The van der Waals surface area contributed by atoms with Crippen molar-refractivity contribution in [3.8, 4) is 11.1 Å². The normalized spacial score (nSPS) is 20.0. The van der Waals surface area contributed by atoms with Crippen molar-refractivity contribution < 1.29 is 0 Å². The summed E-state index contributed by atoms with van der Waals surface area (Å²) in [6.07, 6.45) is 3.93. The van der Waals surface area contributed by atoms with Crippen LogP contribution in [0.25, 0.3) is 11.1 Å².